The average Bonchev–Trinajstić information content (AvgIpc) is 2.56. The monoisotopic (exact) mass is 347 g/mol. The van der Waals surface area contributed by atoms with Crippen LogP contribution in [0.25, 0.3) is 0 Å². The molecule has 0 spiro atoms. The predicted molar refractivity (Wildman–Crippen MR) is 92.0 cm³/mol. The summed E-state index contributed by atoms with van der Waals surface area (Å²) in [5.74, 6) is 0.0370. The van der Waals surface area contributed by atoms with Crippen LogP contribution in [0.2, 0.25) is 0 Å². The highest BCUT2D eigenvalue weighted by molar-refractivity contribution is 7.91. The highest BCUT2D eigenvalue weighted by Crippen LogP contribution is 2.29. The van der Waals surface area contributed by atoms with Gasteiger partial charge < -0.3 is 9.64 Å². The van der Waals surface area contributed by atoms with Gasteiger partial charge in [0.1, 0.15) is 4.90 Å². The van der Waals surface area contributed by atoms with Crippen LogP contribution in [0.1, 0.15) is 19.4 Å². The van der Waals surface area contributed by atoms with Gasteiger partial charge in [-0.15, -0.1) is 0 Å². The number of nitrogens with zero attached hydrogens (tertiary/aromatic N) is 1. The molecule has 1 amide bonds. The van der Waals surface area contributed by atoms with Gasteiger partial charge in [0, 0.05) is 13.1 Å². The number of sulfone groups is 1. The number of amides is 1. The number of hydrogen-bond acceptors (Lipinski definition) is 4. The third-order valence-electron chi connectivity index (χ3n) is 3.69. The second kappa shape index (κ2) is 7.49. The van der Waals surface area contributed by atoms with Crippen LogP contribution in [0.5, 0.6) is 5.75 Å². The molecule has 0 N–H and O–H groups in total. The maximum absolute atomic E-state index is 12.9. The second-order valence-corrected chi connectivity index (χ2v) is 7.22. The quantitative estimate of drug-likeness (QED) is 0.828. The van der Waals surface area contributed by atoms with Crippen LogP contribution in [-0.4, -0.2) is 32.5 Å². The molecule has 0 aliphatic heterocycles. The molecule has 2 aromatic carbocycles. The first-order valence-electron chi connectivity index (χ1n) is 7.77. The van der Waals surface area contributed by atoms with Crippen molar-refractivity contribution < 1.29 is 17.9 Å². The summed E-state index contributed by atoms with van der Waals surface area (Å²) >= 11 is 0. The largest absolute Gasteiger partial charge is 0.415 e. The van der Waals surface area contributed by atoms with Gasteiger partial charge in [0.15, 0.2) is 5.75 Å². The van der Waals surface area contributed by atoms with Crippen molar-refractivity contribution in [2.45, 2.75) is 30.6 Å². The van der Waals surface area contributed by atoms with Gasteiger partial charge in [-0.25, -0.2) is 13.2 Å². The van der Waals surface area contributed by atoms with Gasteiger partial charge in [-0.3, -0.25) is 0 Å². The van der Waals surface area contributed by atoms with Crippen molar-refractivity contribution >= 4 is 15.9 Å². The van der Waals surface area contributed by atoms with Crippen LogP contribution in [0.15, 0.2) is 58.3 Å². The van der Waals surface area contributed by atoms with Gasteiger partial charge in [-0.2, -0.15) is 0 Å². The molecule has 0 aliphatic rings. The van der Waals surface area contributed by atoms with Gasteiger partial charge in [-0.05, 0) is 45.0 Å². The van der Waals surface area contributed by atoms with E-state index in [4.69, 9.17) is 4.74 Å². The van der Waals surface area contributed by atoms with Crippen LogP contribution in [0.4, 0.5) is 4.79 Å². The summed E-state index contributed by atoms with van der Waals surface area (Å²) in [6.45, 7) is 6.53. The number of rotatable bonds is 5. The number of aryl methyl sites for hydroxylation is 1. The molecule has 0 aliphatic carbocycles. The second-order valence-electron chi connectivity index (χ2n) is 5.30. The molecule has 0 saturated heterocycles. The Kier molecular flexibility index (Phi) is 5.62. The third kappa shape index (κ3) is 3.76. The maximum atomic E-state index is 12.9. The minimum atomic E-state index is -3.77. The van der Waals surface area contributed by atoms with Gasteiger partial charge in [0.05, 0.1) is 4.90 Å². The molecule has 24 heavy (non-hydrogen) atoms. The summed E-state index contributed by atoms with van der Waals surface area (Å²) < 4.78 is 31.0. The molecule has 6 heteroatoms. The Morgan fingerprint density at radius 1 is 1.00 bits per heavy atom. The summed E-state index contributed by atoms with van der Waals surface area (Å²) in [4.78, 5) is 13.8. The summed E-state index contributed by atoms with van der Waals surface area (Å²) in [6.07, 6.45) is -0.563. The van der Waals surface area contributed by atoms with E-state index in [2.05, 4.69) is 0 Å². The lowest BCUT2D eigenvalue weighted by molar-refractivity contribution is 0.156. The first-order valence-corrected chi connectivity index (χ1v) is 9.26. The van der Waals surface area contributed by atoms with Crippen molar-refractivity contribution in [3.05, 3.63) is 54.1 Å². The average molecular weight is 347 g/mol. The molecule has 0 heterocycles. The summed E-state index contributed by atoms with van der Waals surface area (Å²) in [5.41, 5.74) is 0.968. The van der Waals surface area contributed by atoms with Gasteiger partial charge in [0.25, 0.3) is 0 Å². The van der Waals surface area contributed by atoms with Crippen molar-refractivity contribution in [3.8, 4) is 5.75 Å². The standard InChI is InChI=1S/C18H21NO4S/c1-4-19(5-2)18(20)23-16-8-6-7-9-17(16)24(21,22)15-12-10-14(3)11-13-15/h6-13H,4-5H2,1-3H3. The summed E-state index contributed by atoms with van der Waals surface area (Å²) in [6, 6.07) is 12.7. The van der Waals surface area contributed by atoms with Crippen molar-refractivity contribution in [3.63, 3.8) is 0 Å². The van der Waals surface area contributed by atoms with Crippen molar-refractivity contribution in [1.29, 1.82) is 0 Å². The van der Waals surface area contributed by atoms with E-state index < -0.39 is 15.9 Å². The molecule has 5 nitrogen and oxygen atoms in total. The fourth-order valence-corrected chi connectivity index (χ4v) is 3.62. The number of ether oxygens (including phenoxy) is 1. The van der Waals surface area contributed by atoms with Gasteiger partial charge >= 0.3 is 6.09 Å². The highest BCUT2D eigenvalue weighted by Gasteiger charge is 2.24. The lowest BCUT2D eigenvalue weighted by atomic mass is 10.2. The van der Waals surface area contributed by atoms with E-state index in [0.29, 0.717) is 13.1 Å². The predicted octanol–water partition coefficient (Wildman–Crippen LogP) is 3.67. The van der Waals surface area contributed by atoms with Gasteiger partial charge in [-0.1, -0.05) is 29.8 Å². The van der Waals surface area contributed by atoms with Crippen LogP contribution in [0.3, 0.4) is 0 Å². The molecule has 2 rings (SSSR count). The molecular weight excluding hydrogens is 326 g/mol. The number of carbonyl (C=O) groups excluding carboxylic acids is 1. The van der Waals surface area contributed by atoms with E-state index in [1.54, 1.807) is 36.4 Å². The minimum absolute atomic E-state index is 0.0191. The fourth-order valence-electron chi connectivity index (χ4n) is 2.24. The highest BCUT2D eigenvalue weighted by atomic mass is 32.2. The number of carbonyl (C=O) groups is 1. The van der Waals surface area contributed by atoms with E-state index >= 15 is 0 Å². The van der Waals surface area contributed by atoms with Crippen LogP contribution in [-0.2, 0) is 9.84 Å². The Bertz CT molecular complexity index is 809. The lowest BCUT2D eigenvalue weighted by Gasteiger charge is -2.19. The third-order valence-corrected chi connectivity index (χ3v) is 5.50. The Morgan fingerprint density at radius 2 is 1.58 bits per heavy atom. The molecule has 2 aromatic rings. The van der Waals surface area contributed by atoms with Crippen LogP contribution in [0, 0.1) is 6.92 Å². The Hall–Kier alpha value is -2.34. The Balaban J connectivity index is 2.41. The SMILES string of the molecule is CCN(CC)C(=O)Oc1ccccc1S(=O)(=O)c1ccc(C)cc1. The molecule has 0 unspecified atom stereocenters. The lowest BCUT2D eigenvalue weighted by Crippen LogP contribution is -2.33. The zero-order valence-corrected chi connectivity index (χ0v) is 14.8. The number of para-hydroxylation sites is 1. The number of benzene rings is 2. The fraction of sp³-hybridized carbons (Fsp3) is 0.278. The number of hydrogen-bond donors (Lipinski definition) is 0. The summed E-state index contributed by atoms with van der Waals surface area (Å²) in [7, 11) is -3.77. The minimum Gasteiger partial charge on any atom is -0.409 e. The molecule has 0 saturated carbocycles. The van der Waals surface area contributed by atoms with Crippen LogP contribution < -0.4 is 4.74 Å². The van der Waals surface area contributed by atoms with E-state index in [9.17, 15) is 13.2 Å². The summed E-state index contributed by atoms with van der Waals surface area (Å²) in [5, 5.41) is 0. The Labute approximate surface area is 142 Å². The van der Waals surface area contributed by atoms with Crippen molar-refractivity contribution in [2.75, 3.05) is 13.1 Å². The molecule has 0 radical (unpaired) electrons. The van der Waals surface area contributed by atoms with Crippen LogP contribution >= 0.6 is 0 Å². The zero-order chi connectivity index (χ0) is 17.7. The molecule has 0 fully saturated rings. The first-order chi connectivity index (χ1) is 11.4. The molecule has 0 atom stereocenters. The Morgan fingerprint density at radius 3 is 2.17 bits per heavy atom. The smallest absolute Gasteiger partial charge is 0.409 e. The van der Waals surface area contributed by atoms with E-state index in [0.717, 1.165) is 5.56 Å². The van der Waals surface area contributed by atoms with E-state index in [-0.39, 0.29) is 15.5 Å². The molecule has 0 aromatic heterocycles. The molecular formula is C18H21NO4S. The topological polar surface area (TPSA) is 63.7 Å². The van der Waals surface area contributed by atoms with Crippen molar-refractivity contribution in [1.82, 2.24) is 4.90 Å². The zero-order valence-electron chi connectivity index (χ0n) is 14.0. The normalized spacial score (nSPS) is 11.1. The van der Waals surface area contributed by atoms with Gasteiger partial charge in [0.2, 0.25) is 9.84 Å². The van der Waals surface area contributed by atoms with E-state index in [1.807, 2.05) is 20.8 Å². The first kappa shape index (κ1) is 18.0. The van der Waals surface area contributed by atoms with E-state index in [1.165, 1.54) is 17.0 Å². The molecule has 0 bridgehead atoms. The van der Waals surface area contributed by atoms with Crippen molar-refractivity contribution in [2.24, 2.45) is 0 Å². The molecule has 128 valence electrons. The maximum Gasteiger partial charge on any atom is 0.415 e.